The Kier molecular flexibility index (Phi) is 3.35. The number of thiazole rings is 1. The van der Waals surface area contributed by atoms with Crippen LogP contribution in [0.25, 0.3) is 0 Å². The molecule has 0 aliphatic heterocycles. The Labute approximate surface area is 111 Å². The molecule has 3 nitrogen and oxygen atoms in total. The highest BCUT2D eigenvalue weighted by Crippen LogP contribution is 2.29. The lowest BCUT2D eigenvalue weighted by molar-refractivity contribution is 0.604. The van der Waals surface area contributed by atoms with Crippen molar-refractivity contribution >= 4 is 17.0 Å². The molecule has 1 N–H and O–H groups in total. The number of hydrogen-bond donors (Lipinski definition) is 1. The summed E-state index contributed by atoms with van der Waals surface area (Å²) >= 11 is 1.61. The zero-order chi connectivity index (χ0) is 13.2. The van der Waals surface area contributed by atoms with Crippen molar-refractivity contribution in [2.75, 3.05) is 5.32 Å². The SMILES string of the molecule is Cc1ccc(C#N)c(NC(C)(C)c2nccs2)c1. The number of rotatable bonds is 3. The Morgan fingerprint density at radius 2 is 2.17 bits per heavy atom. The standard InChI is InChI=1S/C14H15N3S/c1-10-4-5-11(9-15)12(8-10)17-14(2,3)13-16-6-7-18-13/h4-8,17H,1-3H3. The van der Waals surface area contributed by atoms with E-state index in [1.807, 2.05) is 30.5 Å². The Bertz CT molecular complexity index is 580. The van der Waals surface area contributed by atoms with E-state index in [4.69, 9.17) is 5.26 Å². The molecule has 0 unspecified atom stereocenters. The van der Waals surface area contributed by atoms with Crippen molar-refractivity contribution in [3.05, 3.63) is 45.9 Å². The van der Waals surface area contributed by atoms with Gasteiger partial charge in [0.25, 0.3) is 0 Å². The maximum absolute atomic E-state index is 9.13. The second kappa shape index (κ2) is 4.79. The Morgan fingerprint density at radius 3 is 2.78 bits per heavy atom. The highest BCUT2D eigenvalue weighted by molar-refractivity contribution is 7.09. The molecule has 0 atom stereocenters. The molecule has 1 heterocycles. The Balaban J connectivity index is 2.35. The number of benzene rings is 1. The lowest BCUT2D eigenvalue weighted by Gasteiger charge is -2.26. The van der Waals surface area contributed by atoms with Gasteiger partial charge >= 0.3 is 0 Å². The highest BCUT2D eigenvalue weighted by Gasteiger charge is 2.23. The van der Waals surface area contributed by atoms with E-state index in [1.165, 1.54) is 0 Å². The molecule has 1 aromatic heterocycles. The summed E-state index contributed by atoms with van der Waals surface area (Å²) in [6.45, 7) is 6.15. The van der Waals surface area contributed by atoms with Crippen molar-refractivity contribution in [3.8, 4) is 6.07 Å². The molecule has 4 heteroatoms. The van der Waals surface area contributed by atoms with Crippen molar-refractivity contribution in [2.24, 2.45) is 0 Å². The maximum Gasteiger partial charge on any atom is 0.117 e. The van der Waals surface area contributed by atoms with Gasteiger partial charge in [-0.25, -0.2) is 4.98 Å². The van der Waals surface area contributed by atoms with Gasteiger partial charge in [0, 0.05) is 11.6 Å². The average Bonchev–Trinajstić information content (AvgIpc) is 2.83. The van der Waals surface area contributed by atoms with Gasteiger partial charge in [0.15, 0.2) is 0 Å². The molecule has 0 bridgehead atoms. The van der Waals surface area contributed by atoms with Gasteiger partial charge in [-0.1, -0.05) is 6.07 Å². The van der Waals surface area contributed by atoms with Crippen LogP contribution in [0.4, 0.5) is 5.69 Å². The average molecular weight is 257 g/mol. The summed E-state index contributed by atoms with van der Waals surface area (Å²) < 4.78 is 0. The van der Waals surface area contributed by atoms with Crippen LogP contribution in [0, 0.1) is 18.3 Å². The van der Waals surface area contributed by atoms with E-state index in [0.717, 1.165) is 16.3 Å². The van der Waals surface area contributed by atoms with Crippen LogP contribution in [0.3, 0.4) is 0 Å². The molecule has 92 valence electrons. The van der Waals surface area contributed by atoms with Crippen LogP contribution in [0.5, 0.6) is 0 Å². The summed E-state index contributed by atoms with van der Waals surface area (Å²) in [5.74, 6) is 0. The molecule has 2 aromatic rings. The van der Waals surface area contributed by atoms with Crippen LogP contribution in [0.15, 0.2) is 29.8 Å². The van der Waals surface area contributed by atoms with Crippen LogP contribution >= 0.6 is 11.3 Å². The van der Waals surface area contributed by atoms with Crippen LogP contribution < -0.4 is 5.32 Å². The zero-order valence-corrected chi connectivity index (χ0v) is 11.5. The minimum atomic E-state index is -0.284. The molecule has 0 saturated carbocycles. The molecular weight excluding hydrogens is 242 g/mol. The predicted molar refractivity (Wildman–Crippen MR) is 74.7 cm³/mol. The molecule has 0 saturated heterocycles. The predicted octanol–water partition coefficient (Wildman–Crippen LogP) is 3.67. The van der Waals surface area contributed by atoms with Gasteiger partial charge in [-0.2, -0.15) is 5.26 Å². The molecule has 0 fully saturated rings. The van der Waals surface area contributed by atoms with Crippen LogP contribution in [0.2, 0.25) is 0 Å². The second-order valence-corrected chi connectivity index (χ2v) is 5.64. The summed E-state index contributed by atoms with van der Waals surface area (Å²) in [4.78, 5) is 4.34. The molecule has 0 spiro atoms. The topological polar surface area (TPSA) is 48.7 Å². The number of aromatic nitrogens is 1. The normalized spacial score (nSPS) is 11.0. The van der Waals surface area contributed by atoms with E-state index in [-0.39, 0.29) is 5.54 Å². The fourth-order valence-corrected chi connectivity index (χ4v) is 2.50. The summed E-state index contributed by atoms with van der Waals surface area (Å²) in [6.07, 6.45) is 1.80. The minimum Gasteiger partial charge on any atom is -0.373 e. The number of hydrogen-bond acceptors (Lipinski definition) is 4. The molecule has 0 aliphatic carbocycles. The third kappa shape index (κ3) is 2.52. The molecule has 0 radical (unpaired) electrons. The van der Waals surface area contributed by atoms with Crippen molar-refractivity contribution in [3.63, 3.8) is 0 Å². The van der Waals surface area contributed by atoms with Gasteiger partial charge in [0.1, 0.15) is 11.1 Å². The number of anilines is 1. The van der Waals surface area contributed by atoms with E-state index in [0.29, 0.717) is 5.56 Å². The third-order valence-electron chi connectivity index (χ3n) is 2.71. The second-order valence-electron chi connectivity index (χ2n) is 4.75. The fraction of sp³-hybridized carbons (Fsp3) is 0.286. The fourth-order valence-electron chi connectivity index (χ4n) is 1.78. The van der Waals surface area contributed by atoms with E-state index in [2.05, 4.69) is 30.2 Å². The van der Waals surface area contributed by atoms with Crippen LogP contribution in [-0.4, -0.2) is 4.98 Å². The monoisotopic (exact) mass is 257 g/mol. The lowest BCUT2D eigenvalue weighted by Crippen LogP contribution is -2.28. The van der Waals surface area contributed by atoms with Crippen molar-refractivity contribution in [1.29, 1.82) is 5.26 Å². The van der Waals surface area contributed by atoms with Crippen LogP contribution in [-0.2, 0) is 5.54 Å². The van der Waals surface area contributed by atoms with E-state index < -0.39 is 0 Å². The first-order valence-electron chi connectivity index (χ1n) is 5.72. The van der Waals surface area contributed by atoms with E-state index in [9.17, 15) is 0 Å². The third-order valence-corrected chi connectivity index (χ3v) is 3.81. The van der Waals surface area contributed by atoms with Crippen molar-refractivity contribution < 1.29 is 0 Å². The summed E-state index contributed by atoms with van der Waals surface area (Å²) in [5, 5.41) is 15.5. The molecule has 0 aliphatic rings. The summed E-state index contributed by atoms with van der Waals surface area (Å²) in [5.41, 5.74) is 2.36. The first-order valence-corrected chi connectivity index (χ1v) is 6.60. The Hall–Kier alpha value is -1.86. The Morgan fingerprint density at radius 1 is 1.39 bits per heavy atom. The van der Waals surface area contributed by atoms with Crippen molar-refractivity contribution in [1.82, 2.24) is 4.98 Å². The van der Waals surface area contributed by atoms with E-state index >= 15 is 0 Å². The van der Waals surface area contributed by atoms with Crippen LogP contribution in [0.1, 0.15) is 30.0 Å². The largest absolute Gasteiger partial charge is 0.373 e. The molecule has 1 aromatic carbocycles. The molecule has 2 rings (SSSR count). The highest BCUT2D eigenvalue weighted by atomic mass is 32.1. The minimum absolute atomic E-state index is 0.284. The molecule has 18 heavy (non-hydrogen) atoms. The zero-order valence-electron chi connectivity index (χ0n) is 10.7. The first-order chi connectivity index (χ1) is 8.53. The quantitative estimate of drug-likeness (QED) is 0.912. The molecular formula is C14H15N3S. The van der Waals surface area contributed by atoms with Gasteiger partial charge in [0.05, 0.1) is 16.8 Å². The van der Waals surface area contributed by atoms with Gasteiger partial charge < -0.3 is 5.32 Å². The number of nitrogens with one attached hydrogen (secondary N) is 1. The smallest absolute Gasteiger partial charge is 0.117 e. The number of aryl methyl sites for hydroxylation is 1. The van der Waals surface area contributed by atoms with Gasteiger partial charge in [-0.3, -0.25) is 0 Å². The summed E-state index contributed by atoms with van der Waals surface area (Å²) in [7, 11) is 0. The first kappa shape index (κ1) is 12.6. The van der Waals surface area contributed by atoms with Gasteiger partial charge in [-0.15, -0.1) is 11.3 Å². The van der Waals surface area contributed by atoms with E-state index in [1.54, 1.807) is 17.5 Å². The number of nitriles is 1. The number of nitrogens with zero attached hydrogens (tertiary/aromatic N) is 2. The summed E-state index contributed by atoms with van der Waals surface area (Å²) in [6, 6.07) is 7.99. The maximum atomic E-state index is 9.13. The molecule has 0 amide bonds. The van der Waals surface area contributed by atoms with Gasteiger partial charge in [0.2, 0.25) is 0 Å². The lowest BCUT2D eigenvalue weighted by atomic mass is 10.0. The van der Waals surface area contributed by atoms with Gasteiger partial charge in [-0.05, 0) is 38.5 Å². The van der Waals surface area contributed by atoms with Crippen molar-refractivity contribution in [2.45, 2.75) is 26.3 Å².